The first kappa shape index (κ1) is 15.5. The molecular weight excluding hydrogens is 270 g/mol. The first-order valence-corrected chi connectivity index (χ1v) is 7.42. The van der Waals surface area contributed by atoms with Gasteiger partial charge in [0.15, 0.2) is 0 Å². The molecule has 1 fully saturated rings. The zero-order chi connectivity index (χ0) is 15.6. The number of nitrogens with zero attached hydrogens (tertiary/aromatic N) is 3. The maximum atomic E-state index is 12.4. The lowest BCUT2D eigenvalue weighted by Gasteiger charge is -2.34. The molecule has 0 bridgehead atoms. The summed E-state index contributed by atoms with van der Waals surface area (Å²) in [6.07, 6.45) is 3.21. The van der Waals surface area contributed by atoms with Gasteiger partial charge in [0.2, 0.25) is 5.91 Å². The predicted molar refractivity (Wildman–Crippen MR) is 77.5 cm³/mol. The molecular formula is C15H23N3O3. The Hall–Kier alpha value is -1.85. The fourth-order valence-electron chi connectivity index (χ4n) is 3.05. The average Bonchev–Trinajstić information content (AvgIpc) is 2.74. The van der Waals surface area contributed by atoms with E-state index in [4.69, 9.17) is 0 Å². The van der Waals surface area contributed by atoms with E-state index in [0.29, 0.717) is 25.8 Å². The number of hydrogen-bond acceptors (Lipinski definition) is 3. The summed E-state index contributed by atoms with van der Waals surface area (Å²) in [5.41, 5.74) is 0.790. The highest BCUT2D eigenvalue weighted by molar-refractivity contribution is 5.79. The van der Waals surface area contributed by atoms with Gasteiger partial charge in [0, 0.05) is 26.2 Å². The first-order valence-electron chi connectivity index (χ1n) is 7.42. The third-order valence-electron chi connectivity index (χ3n) is 3.98. The third-order valence-corrected chi connectivity index (χ3v) is 3.98. The Labute approximate surface area is 124 Å². The number of rotatable bonds is 4. The lowest BCUT2D eigenvalue weighted by Crippen LogP contribution is -2.41. The molecule has 2 rings (SSSR count). The molecule has 1 saturated heterocycles. The molecule has 2 atom stereocenters. The molecule has 1 aromatic heterocycles. The second-order valence-electron chi connectivity index (χ2n) is 6.10. The molecule has 1 N–H and O–H groups in total. The number of hydrogen-bond donors (Lipinski definition) is 1. The topological polar surface area (TPSA) is 75.4 Å². The Kier molecular flexibility index (Phi) is 4.65. The molecule has 1 aliphatic rings. The molecule has 2 heterocycles. The first-order chi connectivity index (χ1) is 9.91. The SMILES string of the molecule is CC(C)CN1C(=O)CCCC(C(=O)O)C1c1ccnn1C. The number of carbonyl (C=O) groups excluding carboxylic acids is 1. The van der Waals surface area contributed by atoms with E-state index in [2.05, 4.69) is 5.10 Å². The Morgan fingerprint density at radius 1 is 1.52 bits per heavy atom. The molecule has 0 aliphatic carbocycles. The van der Waals surface area contributed by atoms with Crippen LogP contribution in [0.15, 0.2) is 12.3 Å². The molecule has 6 heteroatoms. The summed E-state index contributed by atoms with van der Waals surface area (Å²) in [5.74, 6) is -1.09. The average molecular weight is 293 g/mol. The van der Waals surface area contributed by atoms with E-state index in [1.807, 2.05) is 19.9 Å². The quantitative estimate of drug-likeness (QED) is 0.919. The summed E-state index contributed by atoms with van der Waals surface area (Å²) in [6, 6.07) is 1.37. The smallest absolute Gasteiger partial charge is 0.309 e. The van der Waals surface area contributed by atoms with Crippen molar-refractivity contribution in [2.75, 3.05) is 6.54 Å². The Morgan fingerprint density at radius 2 is 2.24 bits per heavy atom. The number of aliphatic carboxylic acids is 1. The van der Waals surface area contributed by atoms with E-state index in [9.17, 15) is 14.7 Å². The van der Waals surface area contributed by atoms with Crippen molar-refractivity contribution >= 4 is 11.9 Å². The van der Waals surface area contributed by atoms with Crippen LogP contribution in [0.1, 0.15) is 44.8 Å². The minimum atomic E-state index is -0.843. The summed E-state index contributed by atoms with van der Waals surface area (Å²) >= 11 is 0. The van der Waals surface area contributed by atoms with Crippen molar-refractivity contribution < 1.29 is 14.7 Å². The van der Waals surface area contributed by atoms with Crippen LogP contribution in [0.5, 0.6) is 0 Å². The van der Waals surface area contributed by atoms with Gasteiger partial charge in [0.25, 0.3) is 0 Å². The van der Waals surface area contributed by atoms with Gasteiger partial charge in [-0.3, -0.25) is 14.3 Å². The number of amides is 1. The maximum Gasteiger partial charge on any atom is 0.309 e. The van der Waals surface area contributed by atoms with Gasteiger partial charge in [-0.1, -0.05) is 13.8 Å². The van der Waals surface area contributed by atoms with E-state index in [0.717, 1.165) is 5.69 Å². The highest BCUT2D eigenvalue weighted by atomic mass is 16.4. The van der Waals surface area contributed by atoms with Gasteiger partial charge in [-0.25, -0.2) is 0 Å². The number of aromatic nitrogens is 2. The van der Waals surface area contributed by atoms with Gasteiger partial charge in [-0.15, -0.1) is 0 Å². The van der Waals surface area contributed by atoms with Gasteiger partial charge in [-0.05, 0) is 24.8 Å². The van der Waals surface area contributed by atoms with Crippen LogP contribution in [0.3, 0.4) is 0 Å². The lowest BCUT2D eigenvalue weighted by atomic mass is 9.92. The van der Waals surface area contributed by atoms with E-state index in [-0.39, 0.29) is 11.8 Å². The summed E-state index contributed by atoms with van der Waals surface area (Å²) in [5, 5.41) is 13.7. The summed E-state index contributed by atoms with van der Waals surface area (Å²) in [4.78, 5) is 25.9. The van der Waals surface area contributed by atoms with Crippen molar-refractivity contribution in [1.82, 2.24) is 14.7 Å². The number of carboxylic acid groups (broad SMARTS) is 1. The Morgan fingerprint density at radius 3 is 2.76 bits per heavy atom. The van der Waals surface area contributed by atoms with Gasteiger partial charge in [0.1, 0.15) is 0 Å². The molecule has 116 valence electrons. The van der Waals surface area contributed by atoms with Crippen molar-refractivity contribution in [2.45, 2.75) is 39.2 Å². The standard InChI is InChI=1S/C15H23N3O3/c1-10(2)9-18-13(19)6-4-5-11(15(20)21)14(18)12-7-8-16-17(12)3/h7-8,10-11,14H,4-6,9H2,1-3H3,(H,20,21). The van der Waals surface area contributed by atoms with Crippen LogP contribution in [0.4, 0.5) is 0 Å². The van der Waals surface area contributed by atoms with Crippen LogP contribution < -0.4 is 0 Å². The zero-order valence-electron chi connectivity index (χ0n) is 12.8. The highest BCUT2D eigenvalue weighted by Crippen LogP contribution is 2.36. The van der Waals surface area contributed by atoms with Gasteiger partial charge in [-0.2, -0.15) is 5.10 Å². The summed E-state index contributed by atoms with van der Waals surface area (Å²) in [6.45, 7) is 4.64. The van der Waals surface area contributed by atoms with Crippen molar-refractivity contribution in [1.29, 1.82) is 0 Å². The molecule has 1 amide bonds. The lowest BCUT2D eigenvalue weighted by molar-refractivity contribution is -0.146. The van der Waals surface area contributed by atoms with Crippen molar-refractivity contribution in [3.8, 4) is 0 Å². The number of carbonyl (C=O) groups is 2. The Bertz CT molecular complexity index is 524. The number of aryl methyl sites for hydroxylation is 1. The molecule has 1 aromatic rings. The van der Waals surface area contributed by atoms with Crippen LogP contribution in [-0.4, -0.2) is 38.2 Å². The van der Waals surface area contributed by atoms with E-state index < -0.39 is 17.9 Å². The third kappa shape index (κ3) is 3.25. The highest BCUT2D eigenvalue weighted by Gasteiger charge is 2.40. The van der Waals surface area contributed by atoms with Crippen LogP contribution >= 0.6 is 0 Å². The largest absolute Gasteiger partial charge is 0.481 e. The van der Waals surface area contributed by atoms with E-state index in [1.165, 1.54) is 0 Å². The van der Waals surface area contributed by atoms with Crippen LogP contribution in [0, 0.1) is 11.8 Å². The van der Waals surface area contributed by atoms with Gasteiger partial charge >= 0.3 is 5.97 Å². The second-order valence-corrected chi connectivity index (χ2v) is 6.10. The monoisotopic (exact) mass is 293 g/mol. The van der Waals surface area contributed by atoms with E-state index in [1.54, 1.807) is 22.8 Å². The van der Waals surface area contributed by atoms with Crippen molar-refractivity contribution in [3.63, 3.8) is 0 Å². The maximum absolute atomic E-state index is 12.4. The fourth-order valence-corrected chi connectivity index (χ4v) is 3.05. The summed E-state index contributed by atoms with van der Waals surface area (Å²) < 4.78 is 1.67. The molecule has 6 nitrogen and oxygen atoms in total. The molecule has 0 aromatic carbocycles. The van der Waals surface area contributed by atoms with Gasteiger partial charge < -0.3 is 10.0 Å². The molecule has 2 unspecified atom stereocenters. The minimum Gasteiger partial charge on any atom is -0.481 e. The molecule has 1 aliphatic heterocycles. The predicted octanol–water partition coefficient (Wildman–Crippen LogP) is 1.83. The zero-order valence-corrected chi connectivity index (χ0v) is 12.8. The number of carboxylic acids is 1. The van der Waals surface area contributed by atoms with E-state index >= 15 is 0 Å². The van der Waals surface area contributed by atoms with Crippen molar-refractivity contribution in [2.24, 2.45) is 18.9 Å². The Balaban J connectivity index is 2.47. The second kappa shape index (κ2) is 6.28. The van der Waals surface area contributed by atoms with Crippen LogP contribution in [-0.2, 0) is 16.6 Å². The fraction of sp³-hybridized carbons (Fsp3) is 0.667. The number of likely N-dealkylation sites (tertiary alicyclic amines) is 1. The van der Waals surface area contributed by atoms with Gasteiger partial charge in [0.05, 0.1) is 17.7 Å². The van der Waals surface area contributed by atoms with Crippen LogP contribution in [0.2, 0.25) is 0 Å². The minimum absolute atomic E-state index is 0.0404. The molecule has 0 saturated carbocycles. The normalized spacial score (nSPS) is 23.4. The van der Waals surface area contributed by atoms with Crippen molar-refractivity contribution in [3.05, 3.63) is 18.0 Å². The molecule has 0 spiro atoms. The molecule has 21 heavy (non-hydrogen) atoms. The summed E-state index contributed by atoms with van der Waals surface area (Å²) in [7, 11) is 1.79. The molecule has 0 radical (unpaired) electrons. The van der Waals surface area contributed by atoms with Crippen LogP contribution in [0.25, 0.3) is 0 Å².